The number of pyridine rings is 1. The lowest BCUT2D eigenvalue weighted by Gasteiger charge is -2.06. The molecule has 0 unspecified atom stereocenters. The van der Waals surface area contributed by atoms with Crippen molar-refractivity contribution < 1.29 is 4.79 Å². The number of hydrogen-bond acceptors (Lipinski definition) is 6. The summed E-state index contributed by atoms with van der Waals surface area (Å²) < 4.78 is 4.39. The summed E-state index contributed by atoms with van der Waals surface area (Å²) in [5.41, 5.74) is 2.05. The predicted octanol–water partition coefficient (Wildman–Crippen LogP) is 4.05. The zero-order chi connectivity index (χ0) is 16.7. The minimum atomic E-state index is -0.101. The first-order valence-corrected chi connectivity index (χ1v) is 9.59. The molecule has 1 fully saturated rings. The van der Waals surface area contributed by atoms with E-state index in [9.17, 15) is 4.79 Å². The van der Waals surface area contributed by atoms with Crippen molar-refractivity contribution in [2.45, 2.75) is 32.7 Å². The average Bonchev–Trinajstić information content (AvgIpc) is 3.27. The van der Waals surface area contributed by atoms with E-state index >= 15 is 0 Å². The number of aryl methyl sites for hydroxylation is 2. The molecule has 2 N–H and O–H groups in total. The zero-order valence-corrected chi connectivity index (χ0v) is 15.2. The summed E-state index contributed by atoms with van der Waals surface area (Å²) in [5, 5.41) is 7.36. The van der Waals surface area contributed by atoms with Gasteiger partial charge in [0.05, 0.1) is 10.3 Å². The molecule has 4 heterocycles. The highest BCUT2D eigenvalue weighted by Gasteiger charge is 2.20. The Kier molecular flexibility index (Phi) is 4.07. The Hall–Kier alpha value is -1.83. The standard InChI is InChI=1S/C17H18N4OS2/c1-9-8-10(2)19-17-14(9)15(21-24-17)20-16(22)13-6-5-12(23-13)11-4-3-7-18-11/h5-6,8,11,18H,3-4,7H2,1-2H3,(H,20,21,22)/t11-/m1/s1. The lowest BCUT2D eigenvalue weighted by atomic mass is 10.2. The molecule has 4 rings (SSSR count). The molecule has 0 bridgehead atoms. The van der Waals surface area contributed by atoms with E-state index in [4.69, 9.17) is 0 Å². The second kappa shape index (κ2) is 6.23. The largest absolute Gasteiger partial charge is 0.309 e. The molecule has 0 aromatic carbocycles. The van der Waals surface area contributed by atoms with Crippen LogP contribution in [-0.2, 0) is 0 Å². The predicted molar refractivity (Wildman–Crippen MR) is 99.1 cm³/mol. The van der Waals surface area contributed by atoms with Crippen LogP contribution in [0, 0.1) is 13.8 Å². The molecule has 7 heteroatoms. The number of carbonyl (C=O) groups excluding carboxylic acids is 1. The summed E-state index contributed by atoms with van der Waals surface area (Å²) in [6, 6.07) is 6.37. The van der Waals surface area contributed by atoms with Crippen LogP contribution in [0.25, 0.3) is 10.2 Å². The first-order valence-electron chi connectivity index (χ1n) is 8.00. The van der Waals surface area contributed by atoms with E-state index in [2.05, 4.69) is 26.1 Å². The molecule has 24 heavy (non-hydrogen) atoms. The van der Waals surface area contributed by atoms with Gasteiger partial charge in [0.1, 0.15) is 4.83 Å². The van der Waals surface area contributed by atoms with Gasteiger partial charge in [-0.05, 0) is 68.5 Å². The lowest BCUT2D eigenvalue weighted by molar-refractivity contribution is 0.103. The molecule has 1 amide bonds. The van der Waals surface area contributed by atoms with Crippen molar-refractivity contribution in [3.05, 3.63) is 39.2 Å². The van der Waals surface area contributed by atoms with Gasteiger partial charge in [-0.15, -0.1) is 11.3 Å². The molecule has 124 valence electrons. The van der Waals surface area contributed by atoms with Gasteiger partial charge >= 0.3 is 0 Å². The Morgan fingerprint density at radius 1 is 1.38 bits per heavy atom. The van der Waals surface area contributed by atoms with Gasteiger partial charge in [0, 0.05) is 16.6 Å². The first kappa shape index (κ1) is 15.7. The third-order valence-electron chi connectivity index (χ3n) is 4.26. The fraction of sp³-hybridized carbons (Fsp3) is 0.353. The number of rotatable bonds is 3. The highest BCUT2D eigenvalue weighted by molar-refractivity contribution is 7.14. The maximum Gasteiger partial charge on any atom is 0.266 e. The van der Waals surface area contributed by atoms with Crippen LogP contribution >= 0.6 is 22.9 Å². The van der Waals surface area contributed by atoms with Crippen LogP contribution in [0.1, 0.15) is 44.7 Å². The number of nitrogens with zero attached hydrogens (tertiary/aromatic N) is 2. The Morgan fingerprint density at radius 3 is 3.04 bits per heavy atom. The molecule has 1 aliphatic rings. The molecule has 0 saturated carbocycles. The maximum absolute atomic E-state index is 12.6. The van der Waals surface area contributed by atoms with Crippen LogP contribution in [0.4, 0.5) is 5.82 Å². The Balaban J connectivity index is 1.58. The first-order chi connectivity index (χ1) is 11.6. The Labute approximate surface area is 148 Å². The molecule has 0 spiro atoms. The van der Waals surface area contributed by atoms with Crippen molar-refractivity contribution in [3.8, 4) is 0 Å². The number of fused-ring (bicyclic) bond motifs is 1. The summed E-state index contributed by atoms with van der Waals surface area (Å²) in [4.78, 5) is 19.9. The average molecular weight is 358 g/mol. The number of aromatic nitrogens is 2. The normalized spacial score (nSPS) is 17.5. The van der Waals surface area contributed by atoms with Crippen molar-refractivity contribution in [1.82, 2.24) is 14.7 Å². The van der Waals surface area contributed by atoms with Crippen LogP contribution in [0.15, 0.2) is 18.2 Å². The van der Waals surface area contributed by atoms with Crippen LogP contribution in [0.3, 0.4) is 0 Å². The van der Waals surface area contributed by atoms with Crippen LogP contribution in [0.5, 0.6) is 0 Å². The molecule has 0 radical (unpaired) electrons. The van der Waals surface area contributed by atoms with Crippen molar-refractivity contribution in [2.75, 3.05) is 11.9 Å². The van der Waals surface area contributed by atoms with Gasteiger partial charge in [-0.2, -0.15) is 4.37 Å². The molecule has 3 aromatic rings. The topological polar surface area (TPSA) is 66.9 Å². The third-order valence-corrected chi connectivity index (χ3v) is 6.20. The van der Waals surface area contributed by atoms with Gasteiger partial charge in [-0.3, -0.25) is 4.79 Å². The molecule has 1 aliphatic heterocycles. The van der Waals surface area contributed by atoms with Crippen LogP contribution in [0.2, 0.25) is 0 Å². The monoisotopic (exact) mass is 358 g/mol. The summed E-state index contributed by atoms with van der Waals surface area (Å²) in [5.74, 6) is 0.510. The van der Waals surface area contributed by atoms with Gasteiger partial charge in [-0.1, -0.05) is 0 Å². The van der Waals surface area contributed by atoms with E-state index in [0.717, 1.165) is 39.3 Å². The summed E-state index contributed by atoms with van der Waals surface area (Å²) in [6.07, 6.45) is 2.34. The number of nitrogens with one attached hydrogen (secondary N) is 2. The third kappa shape index (κ3) is 2.83. The number of amides is 1. The molecule has 1 saturated heterocycles. The highest BCUT2D eigenvalue weighted by Crippen LogP contribution is 2.32. The number of hydrogen-bond donors (Lipinski definition) is 2. The Bertz CT molecular complexity index is 909. The van der Waals surface area contributed by atoms with E-state index in [1.807, 2.05) is 26.0 Å². The van der Waals surface area contributed by atoms with E-state index in [0.29, 0.717) is 11.9 Å². The van der Waals surface area contributed by atoms with Crippen molar-refractivity contribution in [2.24, 2.45) is 0 Å². The minimum Gasteiger partial charge on any atom is -0.309 e. The van der Waals surface area contributed by atoms with Crippen molar-refractivity contribution >= 4 is 44.8 Å². The van der Waals surface area contributed by atoms with E-state index < -0.39 is 0 Å². The van der Waals surface area contributed by atoms with Gasteiger partial charge in [0.15, 0.2) is 5.82 Å². The van der Waals surface area contributed by atoms with E-state index in [-0.39, 0.29) is 5.91 Å². The highest BCUT2D eigenvalue weighted by atomic mass is 32.1. The quantitative estimate of drug-likeness (QED) is 0.741. The van der Waals surface area contributed by atoms with E-state index in [1.54, 1.807) is 11.3 Å². The zero-order valence-electron chi connectivity index (χ0n) is 13.5. The fourth-order valence-electron chi connectivity index (χ4n) is 3.14. The minimum absolute atomic E-state index is 0.101. The second-order valence-electron chi connectivity index (χ2n) is 6.10. The fourth-order valence-corrected chi connectivity index (χ4v) is 5.00. The second-order valence-corrected chi connectivity index (χ2v) is 7.96. The summed E-state index contributed by atoms with van der Waals surface area (Å²) in [6.45, 7) is 5.05. The Morgan fingerprint density at radius 2 is 2.25 bits per heavy atom. The SMILES string of the molecule is Cc1cc(C)c2c(NC(=O)c3ccc([C@H]4CCCN4)s3)nsc2n1. The van der Waals surface area contributed by atoms with Crippen LogP contribution in [-0.4, -0.2) is 21.8 Å². The summed E-state index contributed by atoms with van der Waals surface area (Å²) >= 11 is 2.88. The van der Waals surface area contributed by atoms with Gasteiger partial charge < -0.3 is 10.6 Å². The number of carbonyl (C=O) groups is 1. The van der Waals surface area contributed by atoms with Crippen molar-refractivity contribution in [1.29, 1.82) is 0 Å². The van der Waals surface area contributed by atoms with Crippen molar-refractivity contribution in [3.63, 3.8) is 0 Å². The number of thiophene rings is 1. The van der Waals surface area contributed by atoms with E-state index in [1.165, 1.54) is 22.8 Å². The van der Waals surface area contributed by atoms with Gasteiger partial charge in [0.2, 0.25) is 0 Å². The maximum atomic E-state index is 12.6. The smallest absolute Gasteiger partial charge is 0.266 e. The van der Waals surface area contributed by atoms with Gasteiger partial charge in [0.25, 0.3) is 5.91 Å². The molecular formula is C17H18N4OS2. The molecule has 5 nitrogen and oxygen atoms in total. The number of anilines is 1. The lowest BCUT2D eigenvalue weighted by Crippen LogP contribution is -2.12. The molecule has 1 atom stereocenters. The molecular weight excluding hydrogens is 340 g/mol. The molecule has 3 aromatic heterocycles. The molecule has 0 aliphatic carbocycles. The van der Waals surface area contributed by atoms with Gasteiger partial charge in [-0.25, -0.2) is 4.98 Å². The summed E-state index contributed by atoms with van der Waals surface area (Å²) in [7, 11) is 0. The van der Waals surface area contributed by atoms with Crippen LogP contribution < -0.4 is 10.6 Å².